The lowest BCUT2D eigenvalue weighted by Gasteiger charge is -2.27. The third kappa shape index (κ3) is 4.01. The smallest absolute Gasteiger partial charge is 0.143 e. The molecular weight excluding hydrogens is 563 g/mol. The van der Waals surface area contributed by atoms with Crippen LogP contribution in [0.25, 0.3) is 55.0 Å². The minimum absolute atomic E-state index is 0.947. The first kappa shape index (κ1) is 26.1. The van der Waals surface area contributed by atoms with Crippen molar-refractivity contribution in [1.29, 1.82) is 0 Å². The Labute approximate surface area is 263 Å². The van der Waals surface area contributed by atoms with Gasteiger partial charge in [0.2, 0.25) is 0 Å². The summed E-state index contributed by atoms with van der Waals surface area (Å²) in [6.07, 6.45) is 0. The van der Waals surface area contributed by atoms with Crippen molar-refractivity contribution in [3.05, 3.63) is 152 Å². The summed E-state index contributed by atoms with van der Waals surface area (Å²) < 4.78 is 6.61. The summed E-state index contributed by atoms with van der Waals surface area (Å²) in [4.78, 5) is 2.37. The normalized spacial score (nSPS) is 13.3. The van der Waals surface area contributed by atoms with Gasteiger partial charge < -0.3 is 9.32 Å². The molecule has 0 saturated heterocycles. The average Bonchev–Trinajstić information content (AvgIpc) is 3.57. The maximum atomic E-state index is 6.61. The number of hydrogen-bond acceptors (Lipinski definition) is 2. The van der Waals surface area contributed by atoms with E-state index in [2.05, 4.69) is 170 Å². The van der Waals surface area contributed by atoms with Crippen LogP contribution in [0.15, 0.2) is 156 Å². The zero-order chi connectivity index (χ0) is 30.1. The molecule has 0 N–H and O–H groups in total. The molecule has 0 bridgehead atoms. The summed E-state index contributed by atoms with van der Waals surface area (Å²) in [5.41, 5.74) is 10.4. The van der Waals surface area contributed by atoms with Gasteiger partial charge in [-0.05, 0) is 86.4 Å². The van der Waals surface area contributed by atoms with Crippen molar-refractivity contribution < 1.29 is 4.42 Å². The second-order valence-electron chi connectivity index (χ2n) is 12.6. The molecule has 1 aliphatic rings. The van der Waals surface area contributed by atoms with E-state index >= 15 is 0 Å². The van der Waals surface area contributed by atoms with Gasteiger partial charge in [-0.1, -0.05) is 116 Å². The van der Waals surface area contributed by atoms with Gasteiger partial charge in [0.1, 0.15) is 19.2 Å². The molecule has 7 aromatic carbocycles. The van der Waals surface area contributed by atoms with Crippen LogP contribution in [0, 0.1) is 0 Å². The molecule has 9 rings (SSSR count). The highest BCUT2D eigenvalue weighted by Crippen LogP contribution is 2.42. The topological polar surface area (TPSA) is 16.4 Å². The minimum atomic E-state index is -1.91. The highest BCUT2D eigenvalue weighted by atomic mass is 28.3. The van der Waals surface area contributed by atoms with Crippen LogP contribution in [-0.2, 0) is 0 Å². The fourth-order valence-corrected chi connectivity index (χ4v) is 10.4. The molecule has 45 heavy (non-hydrogen) atoms. The van der Waals surface area contributed by atoms with Gasteiger partial charge >= 0.3 is 0 Å². The number of para-hydroxylation sites is 2. The summed E-state index contributed by atoms with van der Waals surface area (Å²) in [7, 11) is -1.91. The van der Waals surface area contributed by atoms with Gasteiger partial charge in [-0.3, -0.25) is 0 Å². The van der Waals surface area contributed by atoms with E-state index in [1.54, 1.807) is 0 Å². The molecule has 8 aromatic rings. The molecule has 0 saturated carbocycles. The van der Waals surface area contributed by atoms with Crippen LogP contribution in [0.2, 0.25) is 13.1 Å². The number of benzene rings is 7. The highest BCUT2D eigenvalue weighted by molar-refractivity contribution is 7.04. The molecule has 1 aromatic heterocycles. The standard InChI is InChI=1S/C42H31NOSi/c1-45(2)39-24-22-34(27-37(39)41-40(45)25-23-36-35-14-8-9-15-38(35)44-42(36)41)43(32-12-4-3-5-13-32)33-20-18-29(19-21-33)31-17-16-28-10-6-7-11-30(28)26-31/h3-27H,1-2H3. The van der Waals surface area contributed by atoms with Crippen molar-refractivity contribution in [2.24, 2.45) is 0 Å². The summed E-state index contributed by atoms with van der Waals surface area (Å²) in [5, 5.41) is 7.81. The van der Waals surface area contributed by atoms with Crippen LogP contribution in [0.3, 0.4) is 0 Å². The number of furan rings is 1. The number of hydrogen-bond donors (Lipinski definition) is 0. The quantitative estimate of drug-likeness (QED) is 0.189. The van der Waals surface area contributed by atoms with E-state index < -0.39 is 8.07 Å². The van der Waals surface area contributed by atoms with Gasteiger partial charge in [-0.25, -0.2) is 0 Å². The third-order valence-corrected chi connectivity index (χ3v) is 13.2. The molecule has 0 fully saturated rings. The second-order valence-corrected chi connectivity index (χ2v) is 16.9. The van der Waals surface area contributed by atoms with Gasteiger partial charge in [0.05, 0.1) is 0 Å². The van der Waals surface area contributed by atoms with E-state index in [-0.39, 0.29) is 0 Å². The summed E-state index contributed by atoms with van der Waals surface area (Å²) >= 11 is 0. The summed E-state index contributed by atoms with van der Waals surface area (Å²) in [5.74, 6) is 0. The van der Waals surface area contributed by atoms with Crippen molar-refractivity contribution >= 4 is 68.2 Å². The number of rotatable bonds is 4. The van der Waals surface area contributed by atoms with Crippen molar-refractivity contribution in [3.63, 3.8) is 0 Å². The molecule has 0 spiro atoms. The van der Waals surface area contributed by atoms with Crippen molar-refractivity contribution in [3.8, 4) is 22.3 Å². The monoisotopic (exact) mass is 593 g/mol. The van der Waals surface area contributed by atoms with Crippen molar-refractivity contribution in [2.45, 2.75) is 13.1 Å². The van der Waals surface area contributed by atoms with Gasteiger partial charge in [0, 0.05) is 33.4 Å². The maximum Gasteiger partial charge on any atom is 0.143 e. The van der Waals surface area contributed by atoms with Crippen LogP contribution >= 0.6 is 0 Å². The van der Waals surface area contributed by atoms with E-state index in [1.807, 2.05) is 0 Å². The largest absolute Gasteiger partial charge is 0.455 e. The zero-order valence-corrected chi connectivity index (χ0v) is 26.3. The number of fused-ring (bicyclic) bond motifs is 8. The lowest BCUT2D eigenvalue weighted by molar-refractivity contribution is 0.670. The molecule has 214 valence electrons. The second kappa shape index (κ2) is 9.81. The molecule has 0 radical (unpaired) electrons. The fourth-order valence-electron chi connectivity index (χ4n) is 7.34. The Kier molecular flexibility index (Phi) is 5.68. The van der Waals surface area contributed by atoms with Crippen LogP contribution in [-0.4, -0.2) is 8.07 Å². The van der Waals surface area contributed by atoms with Crippen LogP contribution < -0.4 is 15.3 Å². The molecule has 0 amide bonds. The zero-order valence-electron chi connectivity index (χ0n) is 25.3. The lowest BCUT2D eigenvalue weighted by atomic mass is 10.00. The summed E-state index contributed by atoms with van der Waals surface area (Å²) in [6.45, 7) is 4.93. The first-order valence-corrected chi connectivity index (χ1v) is 18.6. The molecule has 2 nitrogen and oxygen atoms in total. The highest BCUT2D eigenvalue weighted by Gasteiger charge is 2.39. The number of anilines is 3. The van der Waals surface area contributed by atoms with Gasteiger partial charge in [-0.15, -0.1) is 0 Å². The Morgan fingerprint density at radius 1 is 0.489 bits per heavy atom. The number of nitrogens with zero attached hydrogens (tertiary/aromatic N) is 1. The molecule has 2 heterocycles. The van der Waals surface area contributed by atoms with Gasteiger partial charge in [0.15, 0.2) is 0 Å². The van der Waals surface area contributed by atoms with E-state index in [4.69, 9.17) is 4.42 Å². The Morgan fingerprint density at radius 2 is 1.16 bits per heavy atom. The molecule has 1 aliphatic heterocycles. The Hall–Kier alpha value is -5.38. The van der Waals surface area contributed by atoms with Crippen molar-refractivity contribution in [2.75, 3.05) is 4.90 Å². The van der Waals surface area contributed by atoms with E-state index in [1.165, 1.54) is 54.2 Å². The lowest BCUT2D eigenvalue weighted by Crippen LogP contribution is -2.49. The predicted octanol–water partition coefficient (Wildman–Crippen LogP) is 10.7. The Morgan fingerprint density at radius 3 is 2.00 bits per heavy atom. The molecule has 3 heteroatoms. The maximum absolute atomic E-state index is 6.61. The first-order valence-electron chi connectivity index (χ1n) is 15.6. The predicted molar refractivity (Wildman–Crippen MR) is 194 cm³/mol. The van der Waals surface area contributed by atoms with Crippen LogP contribution in [0.4, 0.5) is 17.1 Å². The minimum Gasteiger partial charge on any atom is -0.455 e. The molecular formula is C42H31NOSi. The van der Waals surface area contributed by atoms with E-state index in [0.717, 1.165) is 28.2 Å². The fraction of sp³-hybridized carbons (Fsp3) is 0.0476. The van der Waals surface area contributed by atoms with Gasteiger partial charge in [-0.2, -0.15) is 0 Å². The average molecular weight is 594 g/mol. The van der Waals surface area contributed by atoms with Gasteiger partial charge in [0.25, 0.3) is 0 Å². The first-order chi connectivity index (χ1) is 22.1. The van der Waals surface area contributed by atoms with Crippen LogP contribution in [0.5, 0.6) is 0 Å². The van der Waals surface area contributed by atoms with Crippen molar-refractivity contribution in [1.82, 2.24) is 0 Å². The van der Waals surface area contributed by atoms with E-state index in [0.29, 0.717) is 0 Å². The third-order valence-electron chi connectivity index (χ3n) is 9.65. The molecule has 0 unspecified atom stereocenters. The Bertz CT molecular complexity index is 2400. The molecule has 0 atom stereocenters. The van der Waals surface area contributed by atoms with Crippen LogP contribution in [0.1, 0.15) is 0 Å². The SMILES string of the molecule is C[Si]1(C)c2ccc(N(c3ccccc3)c3ccc(-c4ccc5ccccc5c4)cc3)cc2-c2c1ccc1c2oc2ccccc21. The summed E-state index contributed by atoms with van der Waals surface area (Å²) in [6, 6.07) is 55.0. The Balaban J connectivity index is 1.20. The molecule has 0 aliphatic carbocycles. The van der Waals surface area contributed by atoms with E-state index in [9.17, 15) is 0 Å².